The van der Waals surface area contributed by atoms with Gasteiger partial charge in [-0.15, -0.1) is 0 Å². The average molecular weight is 411 g/mol. The molecular weight excluding hydrogens is 383 g/mol. The van der Waals surface area contributed by atoms with E-state index >= 15 is 0 Å². The molecule has 2 fully saturated rings. The van der Waals surface area contributed by atoms with Crippen LogP contribution in [0.3, 0.4) is 0 Å². The second-order valence-electron chi connectivity index (χ2n) is 7.82. The Hall–Kier alpha value is -1.86. The van der Waals surface area contributed by atoms with Gasteiger partial charge in [0.1, 0.15) is 12.4 Å². The Kier molecular flexibility index (Phi) is 6.78. The van der Waals surface area contributed by atoms with Crippen molar-refractivity contribution in [3.05, 3.63) is 34.6 Å². The molecule has 0 aromatic heterocycles. The molecular formula is C20H28ClFN4O2. The molecule has 0 radical (unpaired) electrons. The minimum Gasteiger partial charge on any atom is -0.381 e. The molecule has 1 unspecified atom stereocenters. The van der Waals surface area contributed by atoms with Crippen molar-refractivity contribution in [1.82, 2.24) is 15.5 Å². The van der Waals surface area contributed by atoms with Gasteiger partial charge in [-0.25, -0.2) is 9.38 Å². The first-order chi connectivity index (χ1) is 13.4. The summed E-state index contributed by atoms with van der Waals surface area (Å²) >= 11 is 6.28. The third-order valence-corrected chi connectivity index (χ3v) is 5.72. The Bertz CT molecular complexity index is 731. The lowest BCUT2D eigenvalue weighted by atomic mass is 9.96. The maximum Gasteiger partial charge on any atom is 0.243 e. The largest absolute Gasteiger partial charge is 0.381 e. The summed E-state index contributed by atoms with van der Waals surface area (Å²) < 4.78 is 18.8. The van der Waals surface area contributed by atoms with E-state index in [9.17, 15) is 9.18 Å². The highest BCUT2D eigenvalue weighted by Crippen LogP contribution is 2.50. The molecule has 1 aromatic carbocycles. The summed E-state index contributed by atoms with van der Waals surface area (Å²) in [5, 5.41) is 7.14. The Morgan fingerprint density at radius 2 is 2.18 bits per heavy atom. The molecule has 1 saturated heterocycles. The van der Waals surface area contributed by atoms with Crippen LogP contribution in [0.5, 0.6) is 0 Å². The van der Waals surface area contributed by atoms with Crippen molar-refractivity contribution < 1.29 is 13.9 Å². The first-order valence-corrected chi connectivity index (χ1v) is 10.0. The molecule has 1 amide bonds. The van der Waals surface area contributed by atoms with Gasteiger partial charge in [0, 0.05) is 50.1 Å². The minimum atomic E-state index is -0.331. The Morgan fingerprint density at radius 1 is 1.39 bits per heavy atom. The van der Waals surface area contributed by atoms with Gasteiger partial charge in [-0.05, 0) is 37.0 Å². The van der Waals surface area contributed by atoms with Crippen molar-refractivity contribution in [3.63, 3.8) is 0 Å². The zero-order valence-electron chi connectivity index (χ0n) is 16.4. The van der Waals surface area contributed by atoms with Crippen LogP contribution in [-0.4, -0.2) is 63.7 Å². The number of amides is 1. The molecule has 8 heteroatoms. The molecule has 1 atom stereocenters. The van der Waals surface area contributed by atoms with Crippen LogP contribution < -0.4 is 10.6 Å². The fourth-order valence-electron chi connectivity index (χ4n) is 3.31. The zero-order valence-corrected chi connectivity index (χ0v) is 17.2. The number of ether oxygens (including phenoxy) is 1. The van der Waals surface area contributed by atoms with Crippen LogP contribution in [0.25, 0.3) is 0 Å². The zero-order chi connectivity index (χ0) is 20.1. The monoisotopic (exact) mass is 410 g/mol. The quantitative estimate of drug-likeness (QED) is 0.534. The van der Waals surface area contributed by atoms with Crippen LogP contribution in [-0.2, 0) is 14.9 Å². The highest BCUT2D eigenvalue weighted by atomic mass is 35.5. The van der Waals surface area contributed by atoms with E-state index in [1.54, 1.807) is 20.2 Å². The van der Waals surface area contributed by atoms with E-state index in [1.165, 1.54) is 17.0 Å². The number of carbonyl (C=O) groups is 1. The van der Waals surface area contributed by atoms with Gasteiger partial charge in [0.05, 0.1) is 6.61 Å². The Labute approximate surface area is 170 Å². The molecule has 6 nitrogen and oxygen atoms in total. The topological polar surface area (TPSA) is 66.0 Å². The molecule has 0 bridgehead atoms. The fraction of sp³-hybridized carbons (Fsp3) is 0.600. The maximum absolute atomic E-state index is 13.4. The van der Waals surface area contributed by atoms with Crippen molar-refractivity contribution >= 4 is 23.5 Å². The SMILES string of the molecule is CN(C)C(=O)CN=C(NCC1CCOC1)NCC1(c2ccc(F)cc2Cl)CC1. The number of likely N-dealkylation sites (N-methyl/N-ethyl adjacent to an activating group) is 1. The molecule has 28 heavy (non-hydrogen) atoms. The third-order valence-electron chi connectivity index (χ3n) is 5.40. The van der Waals surface area contributed by atoms with Gasteiger partial charge in [0.2, 0.25) is 5.91 Å². The number of benzene rings is 1. The van der Waals surface area contributed by atoms with Crippen LogP contribution in [0, 0.1) is 11.7 Å². The van der Waals surface area contributed by atoms with E-state index in [1.807, 2.05) is 0 Å². The van der Waals surface area contributed by atoms with Gasteiger partial charge < -0.3 is 20.3 Å². The summed E-state index contributed by atoms with van der Waals surface area (Å²) in [5.74, 6) is 0.653. The molecule has 3 rings (SSSR count). The van der Waals surface area contributed by atoms with E-state index in [-0.39, 0.29) is 23.7 Å². The Balaban J connectivity index is 1.64. The number of halogens is 2. The van der Waals surface area contributed by atoms with Crippen LogP contribution >= 0.6 is 11.6 Å². The predicted octanol–water partition coefficient (Wildman–Crippen LogP) is 2.17. The molecule has 1 aliphatic heterocycles. The molecule has 1 aromatic rings. The molecule has 154 valence electrons. The van der Waals surface area contributed by atoms with Gasteiger partial charge in [0.15, 0.2) is 5.96 Å². The second-order valence-corrected chi connectivity index (χ2v) is 8.23. The number of nitrogens with one attached hydrogen (secondary N) is 2. The van der Waals surface area contributed by atoms with E-state index in [0.29, 0.717) is 23.4 Å². The third kappa shape index (κ3) is 5.35. The van der Waals surface area contributed by atoms with Crippen molar-refractivity contribution in [3.8, 4) is 0 Å². The van der Waals surface area contributed by atoms with Crippen molar-refractivity contribution in [2.75, 3.05) is 46.9 Å². The lowest BCUT2D eigenvalue weighted by Gasteiger charge is -2.21. The maximum atomic E-state index is 13.4. The number of hydrogen-bond acceptors (Lipinski definition) is 3. The van der Waals surface area contributed by atoms with Gasteiger partial charge in [-0.3, -0.25) is 4.79 Å². The van der Waals surface area contributed by atoms with E-state index in [4.69, 9.17) is 16.3 Å². The number of hydrogen-bond donors (Lipinski definition) is 2. The number of nitrogens with zero attached hydrogens (tertiary/aromatic N) is 2. The van der Waals surface area contributed by atoms with Gasteiger partial charge in [-0.2, -0.15) is 0 Å². The molecule has 0 spiro atoms. The van der Waals surface area contributed by atoms with E-state index in [2.05, 4.69) is 15.6 Å². The van der Waals surface area contributed by atoms with E-state index < -0.39 is 0 Å². The Morgan fingerprint density at radius 3 is 2.79 bits per heavy atom. The lowest BCUT2D eigenvalue weighted by Crippen LogP contribution is -2.43. The molecule has 1 saturated carbocycles. The summed E-state index contributed by atoms with van der Waals surface area (Å²) in [7, 11) is 3.42. The van der Waals surface area contributed by atoms with Crippen LogP contribution in [0.15, 0.2) is 23.2 Å². The molecule has 2 aliphatic rings. The first kappa shape index (κ1) is 20.9. The van der Waals surface area contributed by atoms with Crippen LogP contribution in [0.4, 0.5) is 4.39 Å². The van der Waals surface area contributed by atoms with Crippen LogP contribution in [0.2, 0.25) is 5.02 Å². The molecule has 1 aliphatic carbocycles. The molecule has 1 heterocycles. The van der Waals surface area contributed by atoms with Gasteiger partial charge >= 0.3 is 0 Å². The van der Waals surface area contributed by atoms with E-state index in [0.717, 1.165) is 44.6 Å². The number of aliphatic imine (C=N–C) groups is 1. The van der Waals surface area contributed by atoms with Crippen molar-refractivity contribution in [2.24, 2.45) is 10.9 Å². The second kappa shape index (κ2) is 9.09. The molecule has 2 N–H and O–H groups in total. The van der Waals surface area contributed by atoms with Crippen LogP contribution in [0.1, 0.15) is 24.8 Å². The number of rotatable bonds is 7. The average Bonchev–Trinajstić information content (AvgIpc) is 3.24. The number of carbonyl (C=O) groups excluding carboxylic acids is 1. The standard InChI is InChI=1S/C20H28ClFN4O2/c1-26(2)18(27)11-24-19(23-10-14-5-8-28-12-14)25-13-20(6-7-20)16-4-3-15(22)9-17(16)21/h3-4,9,14H,5-8,10-13H2,1-2H3,(H2,23,24,25). The minimum absolute atomic E-state index is 0.0620. The van der Waals surface area contributed by atoms with Crippen molar-refractivity contribution in [1.29, 1.82) is 0 Å². The lowest BCUT2D eigenvalue weighted by molar-refractivity contribution is -0.127. The van der Waals surface area contributed by atoms with Crippen molar-refractivity contribution in [2.45, 2.75) is 24.7 Å². The summed E-state index contributed by atoms with van der Waals surface area (Å²) in [6.45, 7) is 2.98. The highest BCUT2D eigenvalue weighted by Gasteiger charge is 2.45. The smallest absolute Gasteiger partial charge is 0.243 e. The summed E-state index contributed by atoms with van der Waals surface area (Å²) in [5.41, 5.74) is 0.839. The summed E-state index contributed by atoms with van der Waals surface area (Å²) in [6.07, 6.45) is 2.98. The highest BCUT2D eigenvalue weighted by molar-refractivity contribution is 6.31. The van der Waals surface area contributed by atoms with Gasteiger partial charge in [-0.1, -0.05) is 17.7 Å². The number of guanidine groups is 1. The first-order valence-electron chi connectivity index (χ1n) is 9.65. The van der Waals surface area contributed by atoms with Gasteiger partial charge in [0.25, 0.3) is 0 Å². The summed E-state index contributed by atoms with van der Waals surface area (Å²) in [6, 6.07) is 4.58. The normalized spacial score (nSPS) is 20.7. The predicted molar refractivity (Wildman–Crippen MR) is 108 cm³/mol. The fourth-order valence-corrected chi connectivity index (χ4v) is 3.68. The summed E-state index contributed by atoms with van der Waals surface area (Å²) in [4.78, 5) is 17.9.